The highest BCUT2D eigenvalue weighted by molar-refractivity contribution is 5.78. The van der Waals surface area contributed by atoms with E-state index in [0.717, 1.165) is 0 Å². The molecule has 0 unspecified atom stereocenters. The maximum absolute atomic E-state index is 10.2. The molecular weight excluding hydrogens is 122 g/mol. The summed E-state index contributed by atoms with van der Waals surface area (Å²) in [5.74, 6) is -0.436. The van der Waals surface area contributed by atoms with Gasteiger partial charge in [-0.15, -0.1) is 10.6 Å². The van der Waals surface area contributed by atoms with Gasteiger partial charge in [0.1, 0.15) is 6.54 Å². The average Bonchev–Trinajstić information content (AvgIpc) is 2.15. The second-order valence-corrected chi connectivity index (χ2v) is 1.49. The van der Waals surface area contributed by atoms with Crippen LogP contribution in [0.2, 0.25) is 0 Å². The highest BCUT2D eigenvalue weighted by Crippen LogP contribution is 1.78. The van der Waals surface area contributed by atoms with Gasteiger partial charge in [0.15, 0.2) is 0 Å². The molecule has 0 atom stereocenters. The Balaban J connectivity index is 2.28. The molecule has 6 heteroatoms. The van der Waals surface area contributed by atoms with Crippen LogP contribution in [0, 0.1) is 0 Å². The number of carbonyl (C=O) groups is 1. The number of hydrazine groups is 2. The highest BCUT2D eigenvalue weighted by Gasteiger charge is 2.06. The summed E-state index contributed by atoms with van der Waals surface area (Å²) in [7, 11) is 0. The first-order valence-electron chi connectivity index (χ1n) is 2.31. The molecule has 4 N–H and O–H groups in total. The number of hydrogen-bond donors (Lipinski definition) is 3. The van der Waals surface area contributed by atoms with Gasteiger partial charge in [-0.1, -0.05) is 0 Å². The van der Waals surface area contributed by atoms with Crippen LogP contribution in [0.3, 0.4) is 0 Å². The number of rotatable bonds is 2. The molecule has 1 heterocycles. The molecular formula is C3H6N5O. The van der Waals surface area contributed by atoms with Gasteiger partial charge in [-0.2, -0.15) is 0 Å². The molecule has 0 saturated carbocycles. The molecule has 1 rings (SSSR count). The number of nitrogens with two attached hydrogens (primary N) is 1. The van der Waals surface area contributed by atoms with Gasteiger partial charge in [0.25, 0.3) is 0 Å². The molecule has 49 valence electrons. The fourth-order valence-electron chi connectivity index (χ4n) is 0.426. The van der Waals surface area contributed by atoms with Crippen LogP contribution in [0.1, 0.15) is 0 Å². The van der Waals surface area contributed by atoms with Crippen molar-refractivity contribution in [3.63, 3.8) is 0 Å². The van der Waals surface area contributed by atoms with Crippen molar-refractivity contribution < 1.29 is 4.79 Å². The third-order valence-electron chi connectivity index (χ3n) is 0.726. The maximum atomic E-state index is 10.2. The first-order chi connectivity index (χ1) is 4.29. The topological polar surface area (TPSA) is 82.8 Å². The van der Waals surface area contributed by atoms with Crippen LogP contribution in [-0.4, -0.2) is 23.8 Å². The van der Waals surface area contributed by atoms with Gasteiger partial charge in [0.2, 0.25) is 12.2 Å². The Morgan fingerprint density at radius 1 is 1.89 bits per heavy atom. The molecule has 1 aliphatic heterocycles. The summed E-state index contributed by atoms with van der Waals surface area (Å²) in [5, 5.41) is 4.73. The van der Waals surface area contributed by atoms with Crippen LogP contribution < -0.4 is 16.8 Å². The van der Waals surface area contributed by atoms with Gasteiger partial charge in [0.05, 0.1) is 0 Å². The van der Waals surface area contributed by atoms with E-state index in [0.29, 0.717) is 0 Å². The summed E-state index contributed by atoms with van der Waals surface area (Å²) in [6.07, 6.45) is 2.42. The summed E-state index contributed by atoms with van der Waals surface area (Å²) in [4.78, 5) is 10.2. The standard InChI is InChI=1S/C3H6N5O/c4-3(9)1-8-2-5-6-7-8/h6-7H,1H2,(H2,4,9). The smallest absolute Gasteiger partial charge is 0.238 e. The normalized spacial score (nSPS) is 15.8. The largest absolute Gasteiger partial charge is 0.368 e. The third-order valence-corrected chi connectivity index (χ3v) is 0.726. The second kappa shape index (κ2) is 2.31. The predicted molar refractivity (Wildman–Crippen MR) is 29.6 cm³/mol. The maximum Gasteiger partial charge on any atom is 0.238 e. The van der Waals surface area contributed by atoms with Crippen LogP contribution in [0.4, 0.5) is 0 Å². The number of carbonyl (C=O) groups excluding carboxylic acids is 1. The number of nitrogens with zero attached hydrogens (tertiary/aromatic N) is 2. The molecule has 1 aliphatic rings. The fraction of sp³-hybridized carbons (Fsp3) is 0.333. The van der Waals surface area contributed by atoms with E-state index >= 15 is 0 Å². The van der Waals surface area contributed by atoms with Crippen LogP contribution >= 0.6 is 0 Å². The minimum absolute atomic E-state index is 0.0660. The number of primary amides is 1. The van der Waals surface area contributed by atoms with Crippen LogP contribution in [0.25, 0.3) is 0 Å². The zero-order valence-corrected chi connectivity index (χ0v) is 4.59. The monoisotopic (exact) mass is 128 g/mol. The van der Waals surface area contributed by atoms with Crippen molar-refractivity contribution in [2.75, 3.05) is 6.54 Å². The summed E-state index contributed by atoms with van der Waals surface area (Å²) < 4.78 is 0. The van der Waals surface area contributed by atoms with Crippen molar-refractivity contribution in [1.82, 2.24) is 16.1 Å². The molecule has 0 aromatic heterocycles. The molecule has 9 heavy (non-hydrogen) atoms. The highest BCUT2D eigenvalue weighted by atomic mass is 16.1. The predicted octanol–water partition coefficient (Wildman–Crippen LogP) is -2.38. The lowest BCUT2D eigenvalue weighted by atomic mass is 10.6. The SMILES string of the molecule is NC(=O)CN1[C]=NNN1. The van der Waals surface area contributed by atoms with E-state index in [1.807, 2.05) is 0 Å². The molecule has 0 aromatic rings. The van der Waals surface area contributed by atoms with E-state index < -0.39 is 5.91 Å². The fourth-order valence-corrected chi connectivity index (χ4v) is 0.426. The van der Waals surface area contributed by atoms with Gasteiger partial charge >= 0.3 is 0 Å². The van der Waals surface area contributed by atoms with Crippen molar-refractivity contribution in [3.05, 3.63) is 0 Å². The van der Waals surface area contributed by atoms with Gasteiger partial charge in [-0.25, -0.2) is 5.53 Å². The zero-order valence-electron chi connectivity index (χ0n) is 4.59. The van der Waals surface area contributed by atoms with Crippen molar-refractivity contribution >= 4 is 12.2 Å². The van der Waals surface area contributed by atoms with Crippen molar-refractivity contribution in [2.24, 2.45) is 10.8 Å². The van der Waals surface area contributed by atoms with Crippen LogP contribution in [0.15, 0.2) is 5.10 Å². The van der Waals surface area contributed by atoms with Gasteiger partial charge in [0, 0.05) is 0 Å². The van der Waals surface area contributed by atoms with E-state index in [2.05, 4.69) is 22.5 Å². The van der Waals surface area contributed by atoms with Crippen molar-refractivity contribution in [1.29, 1.82) is 0 Å². The number of amides is 1. The Morgan fingerprint density at radius 3 is 3.11 bits per heavy atom. The molecule has 1 amide bonds. The summed E-state index contributed by atoms with van der Waals surface area (Å²) in [6, 6.07) is 0. The first kappa shape index (κ1) is 5.83. The average molecular weight is 128 g/mol. The minimum Gasteiger partial charge on any atom is -0.368 e. The lowest BCUT2D eigenvalue weighted by Gasteiger charge is -2.08. The molecule has 0 aliphatic carbocycles. The molecule has 1 radical (unpaired) electrons. The van der Waals surface area contributed by atoms with E-state index in [1.165, 1.54) is 5.01 Å². The van der Waals surface area contributed by atoms with Crippen molar-refractivity contribution in [3.8, 4) is 0 Å². The number of nitrogens with one attached hydrogen (secondary N) is 2. The first-order valence-corrected chi connectivity index (χ1v) is 2.31. The lowest BCUT2D eigenvalue weighted by Crippen LogP contribution is -2.42. The van der Waals surface area contributed by atoms with Crippen LogP contribution in [-0.2, 0) is 4.79 Å². The lowest BCUT2D eigenvalue weighted by molar-refractivity contribution is -0.118. The Labute approximate surface area is 51.6 Å². The number of hydrogen-bond acceptors (Lipinski definition) is 5. The summed E-state index contributed by atoms with van der Waals surface area (Å²) >= 11 is 0. The summed E-state index contributed by atoms with van der Waals surface area (Å²) in [5.41, 5.74) is 9.69. The Morgan fingerprint density at radius 2 is 2.67 bits per heavy atom. The third kappa shape index (κ3) is 1.57. The minimum atomic E-state index is -0.436. The molecule has 0 aromatic carbocycles. The Bertz CT molecular complexity index is 143. The Hall–Kier alpha value is -1.30. The van der Waals surface area contributed by atoms with Crippen LogP contribution in [0.5, 0.6) is 0 Å². The molecule has 0 bridgehead atoms. The molecule has 0 fully saturated rings. The molecule has 0 spiro atoms. The van der Waals surface area contributed by atoms with E-state index in [1.54, 1.807) is 0 Å². The van der Waals surface area contributed by atoms with Crippen molar-refractivity contribution in [2.45, 2.75) is 0 Å². The zero-order chi connectivity index (χ0) is 6.69. The van der Waals surface area contributed by atoms with E-state index in [4.69, 9.17) is 5.73 Å². The van der Waals surface area contributed by atoms with E-state index in [9.17, 15) is 4.79 Å². The second-order valence-electron chi connectivity index (χ2n) is 1.49. The molecule has 0 saturated heterocycles. The van der Waals surface area contributed by atoms with Gasteiger partial charge in [-0.3, -0.25) is 9.80 Å². The van der Waals surface area contributed by atoms with Gasteiger partial charge < -0.3 is 5.73 Å². The summed E-state index contributed by atoms with van der Waals surface area (Å²) in [6.45, 7) is 0.0660. The van der Waals surface area contributed by atoms with Gasteiger partial charge in [-0.05, 0) is 0 Å². The molecule has 6 nitrogen and oxygen atoms in total. The quantitative estimate of drug-likeness (QED) is 0.387. The van der Waals surface area contributed by atoms with E-state index in [-0.39, 0.29) is 6.54 Å². The number of hydrazone groups is 1. The Kier molecular flexibility index (Phi) is 1.50.